The summed E-state index contributed by atoms with van der Waals surface area (Å²) in [4.78, 5) is 30.6. The van der Waals surface area contributed by atoms with Gasteiger partial charge in [0, 0.05) is 28.2 Å². The standard InChI is InChI=1S/C26H25FN6O3S/c27-18-12-10-17(11-13-18)25-29-31-32(30-25)16-23(35)33(20-7-3-8-21(34)15-20)24(22-9-4-14-37-22)26(36)28-19-5-1-2-6-19/h3-4,7-15,19,24,34H,1-2,5-6,16H2,(H,28,36)/t24-/m1/s1. The number of amides is 2. The van der Waals surface area contributed by atoms with E-state index in [9.17, 15) is 19.1 Å². The quantitative estimate of drug-likeness (QED) is 0.362. The van der Waals surface area contributed by atoms with Gasteiger partial charge in [0.15, 0.2) is 0 Å². The van der Waals surface area contributed by atoms with Crippen molar-refractivity contribution in [2.24, 2.45) is 0 Å². The number of hydrogen-bond donors (Lipinski definition) is 2. The number of nitrogens with one attached hydrogen (secondary N) is 1. The zero-order valence-corrected chi connectivity index (χ0v) is 20.6. The Bertz CT molecular complexity index is 1370. The molecule has 2 amide bonds. The predicted molar refractivity (Wildman–Crippen MR) is 136 cm³/mol. The third-order valence-corrected chi connectivity index (χ3v) is 7.15. The largest absolute Gasteiger partial charge is 0.508 e. The van der Waals surface area contributed by atoms with Crippen LogP contribution in [0.1, 0.15) is 36.6 Å². The first kappa shape index (κ1) is 24.6. The van der Waals surface area contributed by atoms with Gasteiger partial charge in [-0.05, 0) is 65.9 Å². The summed E-state index contributed by atoms with van der Waals surface area (Å²) < 4.78 is 13.3. The monoisotopic (exact) mass is 520 g/mol. The summed E-state index contributed by atoms with van der Waals surface area (Å²) >= 11 is 1.37. The number of thiophene rings is 1. The molecule has 0 aliphatic heterocycles. The van der Waals surface area contributed by atoms with Crippen molar-refractivity contribution in [1.29, 1.82) is 0 Å². The van der Waals surface area contributed by atoms with Gasteiger partial charge in [0.25, 0.3) is 5.91 Å². The van der Waals surface area contributed by atoms with Crippen molar-refractivity contribution in [3.05, 3.63) is 76.7 Å². The Hall–Kier alpha value is -4.12. The SMILES string of the molecule is O=C(NC1CCCC1)[C@@H](c1cccs1)N(C(=O)Cn1nnc(-c2ccc(F)cc2)n1)c1cccc(O)c1. The van der Waals surface area contributed by atoms with Gasteiger partial charge in [-0.2, -0.15) is 4.80 Å². The van der Waals surface area contributed by atoms with Crippen molar-refractivity contribution in [1.82, 2.24) is 25.5 Å². The molecule has 1 atom stereocenters. The average Bonchev–Trinajstić information content (AvgIpc) is 3.66. The molecule has 1 aliphatic carbocycles. The second kappa shape index (κ2) is 10.9. The van der Waals surface area contributed by atoms with Gasteiger partial charge in [-0.15, -0.1) is 21.5 Å². The molecule has 190 valence electrons. The number of anilines is 1. The number of phenols is 1. The van der Waals surface area contributed by atoms with Crippen molar-refractivity contribution >= 4 is 28.8 Å². The molecule has 0 bridgehead atoms. The molecular weight excluding hydrogens is 495 g/mol. The van der Waals surface area contributed by atoms with Crippen LogP contribution in [0, 0.1) is 5.82 Å². The molecule has 0 saturated heterocycles. The third kappa shape index (κ3) is 5.67. The fourth-order valence-electron chi connectivity index (χ4n) is 4.47. The van der Waals surface area contributed by atoms with Crippen LogP contribution < -0.4 is 10.2 Å². The molecule has 0 unspecified atom stereocenters. The summed E-state index contributed by atoms with van der Waals surface area (Å²) in [5, 5.41) is 27.4. The molecule has 37 heavy (non-hydrogen) atoms. The van der Waals surface area contributed by atoms with Crippen molar-refractivity contribution in [3.8, 4) is 17.1 Å². The van der Waals surface area contributed by atoms with Gasteiger partial charge in [0.1, 0.15) is 24.2 Å². The van der Waals surface area contributed by atoms with Crippen LogP contribution in [0.3, 0.4) is 0 Å². The fraction of sp³-hybridized carbons (Fsp3) is 0.269. The topological polar surface area (TPSA) is 113 Å². The first-order valence-corrected chi connectivity index (χ1v) is 12.8. The predicted octanol–water partition coefficient (Wildman–Crippen LogP) is 4.08. The van der Waals surface area contributed by atoms with E-state index < -0.39 is 11.9 Å². The van der Waals surface area contributed by atoms with E-state index in [4.69, 9.17) is 0 Å². The molecule has 1 fully saturated rings. The molecule has 2 aromatic carbocycles. The smallest absolute Gasteiger partial charge is 0.251 e. The first-order valence-electron chi connectivity index (χ1n) is 12.0. The lowest BCUT2D eigenvalue weighted by Crippen LogP contribution is -2.47. The number of rotatable bonds is 8. The van der Waals surface area contributed by atoms with Gasteiger partial charge in [0.05, 0.1) is 0 Å². The number of benzene rings is 2. The van der Waals surface area contributed by atoms with E-state index >= 15 is 0 Å². The molecule has 2 heterocycles. The fourth-order valence-corrected chi connectivity index (χ4v) is 5.29. The molecule has 1 saturated carbocycles. The van der Waals surface area contributed by atoms with E-state index in [1.54, 1.807) is 12.1 Å². The van der Waals surface area contributed by atoms with Gasteiger partial charge in [-0.25, -0.2) is 4.39 Å². The molecular formula is C26H25FN6O3S. The lowest BCUT2D eigenvalue weighted by Gasteiger charge is -2.31. The maximum Gasteiger partial charge on any atom is 0.251 e. The molecule has 2 N–H and O–H groups in total. The molecule has 2 aromatic heterocycles. The Morgan fingerprint density at radius 1 is 1.14 bits per heavy atom. The lowest BCUT2D eigenvalue weighted by atomic mass is 10.1. The zero-order valence-electron chi connectivity index (χ0n) is 19.8. The minimum Gasteiger partial charge on any atom is -0.508 e. The number of aromatic nitrogens is 4. The van der Waals surface area contributed by atoms with Gasteiger partial charge in [-0.1, -0.05) is 25.0 Å². The molecule has 0 spiro atoms. The number of aromatic hydroxyl groups is 1. The van der Waals surface area contributed by atoms with Crippen molar-refractivity contribution in [2.75, 3.05) is 4.90 Å². The van der Waals surface area contributed by atoms with Gasteiger partial charge in [0.2, 0.25) is 11.7 Å². The summed E-state index contributed by atoms with van der Waals surface area (Å²) in [7, 11) is 0. The molecule has 9 nitrogen and oxygen atoms in total. The van der Waals surface area contributed by atoms with Crippen LogP contribution in [0.25, 0.3) is 11.4 Å². The second-order valence-corrected chi connectivity index (χ2v) is 9.82. The lowest BCUT2D eigenvalue weighted by molar-refractivity contribution is -0.127. The Morgan fingerprint density at radius 3 is 2.62 bits per heavy atom. The number of phenolic OH excluding ortho intramolecular Hbond substituents is 1. The third-order valence-electron chi connectivity index (χ3n) is 6.23. The van der Waals surface area contributed by atoms with Gasteiger partial charge >= 0.3 is 0 Å². The van der Waals surface area contributed by atoms with E-state index in [-0.39, 0.29) is 35.9 Å². The van der Waals surface area contributed by atoms with Crippen LogP contribution >= 0.6 is 11.3 Å². The summed E-state index contributed by atoms with van der Waals surface area (Å²) in [5.74, 6) is -0.929. The van der Waals surface area contributed by atoms with Crippen LogP contribution in [-0.4, -0.2) is 43.2 Å². The van der Waals surface area contributed by atoms with E-state index in [0.717, 1.165) is 30.5 Å². The number of hydrogen-bond acceptors (Lipinski definition) is 7. The summed E-state index contributed by atoms with van der Waals surface area (Å²) in [6.07, 6.45) is 3.91. The molecule has 1 aliphatic rings. The number of nitrogens with zero attached hydrogens (tertiary/aromatic N) is 5. The van der Waals surface area contributed by atoms with Gasteiger partial charge < -0.3 is 10.4 Å². The highest BCUT2D eigenvalue weighted by Crippen LogP contribution is 2.33. The highest BCUT2D eigenvalue weighted by atomic mass is 32.1. The number of tetrazole rings is 1. The van der Waals surface area contributed by atoms with E-state index in [1.807, 2.05) is 17.5 Å². The van der Waals surface area contributed by atoms with Crippen LogP contribution in [-0.2, 0) is 16.1 Å². The second-order valence-electron chi connectivity index (χ2n) is 8.84. The molecule has 4 aromatic rings. The Labute approximate surface area is 216 Å². The Kier molecular flexibility index (Phi) is 7.22. The highest BCUT2D eigenvalue weighted by molar-refractivity contribution is 7.10. The number of halogens is 1. The number of carbonyl (C=O) groups is 2. The summed E-state index contributed by atoms with van der Waals surface area (Å²) in [6.45, 7) is -0.303. The van der Waals surface area contributed by atoms with Crippen LogP contribution in [0.4, 0.5) is 10.1 Å². The maximum atomic E-state index is 13.8. The normalized spacial score (nSPS) is 14.4. The van der Waals surface area contributed by atoms with Crippen LogP contribution in [0.15, 0.2) is 66.0 Å². The summed E-state index contributed by atoms with van der Waals surface area (Å²) in [5.41, 5.74) is 0.918. The van der Waals surface area contributed by atoms with E-state index in [1.165, 1.54) is 52.6 Å². The molecule has 0 radical (unpaired) electrons. The molecule has 5 rings (SSSR count). The van der Waals surface area contributed by atoms with Crippen molar-refractivity contribution in [2.45, 2.75) is 44.3 Å². The average molecular weight is 521 g/mol. The minimum absolute atomic E-state index is 0.0334. The van der Waals surface area contributed by atoms with E-state index in [2.05, 4.69) is 20.7 Å². The number of carbonyl (C=O) groups excluding carboxylic acids is 2. The van der Waals surface area contributed by atoms with E-state index in [0.29, 0.717) is 16.1 Å². The van der Waals surface area contributed by atoms with Crippen LogP contribution in [0.2, 0.25) is 0 Å². The van der Waals surface area contributed by atoms with Crippen molar-refractivity contribution < 1.29 is 19.1 Å². The Morgan fingerprint density at radius 2 is 1.92 bits per heavy atom. The molecule has 11 heteroatoms. The minimum atomic E-state index is -0.949. The zero-order chi connectivity index (χ0) is 25.8. The summed E-state index contributed by atoms with van der Waals surface area (Å²) in [6, 6.07) is 14.6. The Balaban J connectivity index is 1.47. The maximum absolute atomic E-state index is 13.8. The van der Waals surface area contributed by atoms with Gasteiger partial charge in [-0.3, -0.25) is 14.5 Å². The highest BCUT2D eigenvalue weighted by Gasteiger charge is 2.35. The first-order chi connectivity index (χ1) is 18.0. The van der Waals surface area contributed by atoms with Crippen molar-refractivity contribution in [3.63, 3.8) is 0 Å². The van der Waals surface area contributed by atoms with Crippen LogP contribution in [0.5, 0.6) is 5.75 Å².